The van der Waals surface area contributed by atoms with Gasteiger partial charge in [-0.2, -0.15) is 0 Å². The van der Waals surface area contributed by atoms with E-state index in [4.69, 9.17) is 10.2 Å². The summed E-state index contributed by atoms with van der Waals surface area (Å²) in [5.74, 6) is -1.05. The molecule has 8 nitrogen and oxygen atoms in total. The van der Waals surface area contributed by atoms with Crippen molar-refractivity contribution in [1.82, 2.24) is 0 Å². The van der Waals surface area contributed by atoms with Gasteiger partial charge < -0.3 is 25.5 Å². The number of aliphatic carboxylic acids is 1. The molecule has 8 atom stereocenters. The third-order valence-electron chi connectivity index (χ3n) is 9.01. The second kappa shape index (κ2) is 8.63. The van der Waals surface area contributed by atoms with Crippen LogP contribution in [0.4, 0.5) is 0 Å². The number of carbonyl (C=O) groups is 3. The zero-order chi connectivity index (χ0) is 24.1. The van der Waals surface area contributed by atoms with Crippen LogP contribution >= 0.6 is 0 Å². The Morgan fingerprint density at radius 1 is 1.19 bits per heavy atom. The molecule has 0 amide bonds. The maximum atomic E-state index is 12.4. The number of carboxylic acid groups (broad SMARTS) is 1. The zero-order valence-corrected chi connectivity index (χ0v) is 19.1. The van der Waals surface area contributed by atoms with E-state index in [1.807, 2.05) is 6.92 Å². The molecule has 0 radical (unpaired) electrons. The van der Waals surface area contributed by atoms with Gasteiger partial charge in [0.15, 0.2) is 11.6 Å². The molecule has 0 bridgehead atoms. The first-order valence-electron chi connectivity index (χ1n) is 11.5. The maximum absolute atomic E-state index is 12.4. The van der Waals surface area contributed by atoms with E-state index in [0.29, 0.717) is 19.3 Å². The summed E-state index contributed by atoms with van der Waals surface area (Å²) in [7, 11) is 0. The van der Waals surface area contributed by atoms with Gasteiger partial charge in [0.05, 0.1) is 6.10 Å². The third-order valence-corrected chi connectivity index (χ3v) is 9.01. The normalized spacial score (nSPS) is 43.6. The number of aliphatic hydroxyl groups is 4. The minimum absolute atomic E-state index is 0.0697. The molecule has 4 aliphatic carbocycles. The van der Waals surface area contributed by atoms with Crippen LogP contribution < -0.4 is 0 Å². The SMILES string of the molecule is CC(O)C(=O)O.C[C@]12CCC(=O)C=C1CC[C@@H]1[C@@H]2[C@@H](O)C[C@@]2(C)[C@H]1CC[C@]2(O)C(=O)CO. The minimum Gasteiger partial charge on any atom is -0.479 e. The second-order valence-electron chi connectivity index (χ2n) is 10.6. The highest BCUT2D eigenvalue weighted by molar-refractivity contribution is 5.91. The molecule has 32 heavy (non-hydrogen) atoms. The number of hydrogen-bond donors (Lipinski definition) is 5. The van der Waals surface area contributed by atoms with E-state index in [1.165, 1.54) is 12.5 Å². The number of carbonyl (C=O) groups excluding carboxylic acids is 2. The molecule has 0 aromatic rings. The highest BCUT2D eigenvalue weighted by Gasteiger charge is 2.68. The fraction of sp³-hybridized carbons (Fsp3) is 0.792. The predicted molar refractivity (Wildman–Crippen MR) is 114 cm³/mol. The minimum atomic E-state index is -1.54. The lowest BCUT2D eigenvalue weighted by Gasteiger charge is -2.60. The topological polar surface area (TPSA) is 152 Å². The average molecular weight is 453 g/mol. The van der Waals surface area contributed by atoms with E-state index in [-0.39, 0.29) is 29.0 Å². The van der Waals surface area contributed by atoms with Crippen LogP contribution in [0.1, 0.15) is 65.7 Å². The lowest BCUT2D eigenvalue weighted by atomic mass is 9.45. The van der Waals surface area contributed by atoms with Gasteiger partial charge in [-0.15, -0.1) is 0 Å². The number of hydrogen-bond acceptors (Lipinski definition) is 7. The standard InChI is InChI=1S/C21H30O5.C3H6O3/c1-19-7-5-13(23)9-12(19)3-4-14-15-6-8-21(26,17(25)11-22)20(15,2)10-16(24)18(14)19;1-2(4)3(5)6/h9,14-16,18,22,24,26H,3-8,10-11H2,1-2H3;2,4H,1H3,(H,5,6)/t14-,15-,16-,18+,19-,20-,21-;/m0./s1. The fourth-order valence-corrected chi connectivity index (χ4v) is 7.28. The van der Waals surface area contributed by atoms with Gasteiger partial charge in [0, 0.05) is 11.8 Å². The summed E-state index contributed by atoms with van der Waals surface area (Å²) < 4.78 is 0. The number of carboxylic acids is 1. The van der Waals surface area contributed by atoms with Crippen molar-refractivity contribution in [3.05, 3.63) is 11.6 Å². The van der Waals surface area contributed by atoms with Crippen LogP contribution in [0.25, 0.3) is 0 Å². The summed E-state index contributed by atoms with van der Waals surface area (Å²) in [6, 6.07) is 0. The van der Waals surface area contributed by atoms with Gasteiger partial charge in [-0.05, 0) is 74.7 Å². The lowest BCUT2D eigenvalue weighted by molar-refractivity contribution is -0.182. The highest BCUT2D eigenvalue weighted by Crippen LogP contribution is 2.67. The van der Waals surface area contributed by atoms with E-state index in [0.717, 1.165) is 25.7 Å². The van der Waals surface area contributed by atoms with Gasteiger partial charge >= 0.3 is 5.97 Å². The van der Waals surface area contributed by atoms with Gasteiger partial charge in [-0.3, -0.25) is 9.59 Å². The molecule has 3 fully saturated rings. The fourth-order valence-electron chi connectivity index (χ4n) is 7.28. The number of fused-ring (bicyclic) bond motifs is 5. The van der Waals surface area contributed by atoms with Crippen LogP contribution in [-0.2, 0) is 14.4 Å². The number of ketones is 2. The maximum Gasteiger partial charge on any atom is 0.332 e. The molecular formula is C24H36O8. The zero-order valence-electron chi connectivity index (χ0n) is 19.1. The summed E-state index contributed by atoms with van der Waals surface area (Å²) >= 11 is 0. The molecule has 3 saturated carbocycles. The Morgan fingerprint density at radius 3 is 2.38 bits per heavy atom. The van der Waals surface area contributed by atoms with Crippen molar-refractivity contribution in [1.29, 1.82) is 0 Å². The summed E-state index contributed by atoms with van der Waals surface area (Å²) in [6.07, 6.45) is 4.50. The van der Waals surface area contributed by atoms with Crippen LogP contribution in [0.15, 0.2) is 11.6 Å². The molecule has 0 spiro atoms. The van der Waals surface area contributed by atoms with E-state index < -0.39 is 41.6 Å². The van der Waals surface area contributed by atoms with Crippen LogP contribution in [0.5, 0.6) is 0 Å². The van der Waals surface area contributed by atoms with Gasteiger partial charge in [-0.1, -0.05) is 19.4 Å². The Hall–Kier alpha value is -1.61. The van der Waals surface area contributed by atoms with E-state index >= 15 is 0 Å². The molecule has 180 valence electrons. The molecule has 4 aliphatic rings. The average Bonchev–Trinajstić information content (AvgIpc) is 2.99. The van der Waals surface area contributed by atoms with Gasteiger partial charge in [-0.25, -0.2) is 4.79 Å². The Bertz CT molecular complexity index is 819. The van der Waals surface area contributed by atoms with E-state index in [2.05, 4.69) is 6.92 Å². The molecule has 0 aromatic heterocycles. The molecule has 8 heteroatoms. The third kappa shape index (κ3) is 3.75. The molecule has 5 N–H and O–H groups in total. The number of allylic oxidation sites excluding steroid dienone is 1. The molecule has 0 saturated heterocycles. The molecule has 1 unspecified atom stereocenters. The van der Waals surface area contributed by atoms with Crippen molar-refractivity contribution in [3.63, 3.8) is 0 Å². The van der Waals surface area contributed by atoms with Crippen molar-refractivity contribution >= 4 is 17.5 Å². The van der Waals surface area contributed by atoms with Crippen LogP contribution in [0.2, 0.25) is 0 Å². The first-order valence-corrected chi connectivity index (χ1v) is 11.5. The van der Waals surface area contributed by atoms with Crippen molar-refractivity contribution in [3.8, 4) is 0 Å². The Balaban J connectivity index is 0.000000427. The number of rotatable bonds is 3. The molecule has 0 aromatic carbocycles. The summed E-state index contributed by atoms with van der Waals surface area (Å²) in [5, 5.41) is 47.5. The molecular weight excluding hydrogens is 416 g/mol. The Labute approximate surface area is 188 Å². The van der Waals surface area contributed by atoms with Crippen molar-refractivity contribution in [2.75, 3.05) is 6.61 Å². The second-order valence-corrected chi connectivity index (χ2v) is 10.6. The van der Waals surface area contributed by atoms with Gasteiger partial charge in [0.25, 0.3) is 0 Å². The summed E-state index contributed by atoms with van der Waals surface area (Å²) in [5.41, 5.74) is -1.23. The van der Waals surface area contributed by atoms with Crippen molar-refractivity contribution in [2.45, 2.75) is 83.5 Å². The summed E-state index contributed by atoms with van der Waals surface area (Å²) in [6.45, 7) is 4.65. The summed E-state index contributed by atoms with van der Waals surface area (Å²) in [4.78, 5) is 33.7. The Morgan fingerprint density at radius 2 is 1.81 bits per heavy atom. The van der Waals surface area contributed by atoms with E-state index in [9.17, 15) is 29.7 Å². The first kappa shape index (κ1) is 25.0. The number of Topliss-reactive ketones (excluding diaryl/α,β-unsaturated/α-hetero) is 1. The lowest BCUT2D eigenvalue weighted by Crippen LogP contribution is -2.62. The van der Waals surface area contributed by atoms with Gasteiger partial charge in [0.1, 0.15) is 18.3 Å². The predicted octanol–water partition coefficient (Wildman–Crippen LogP) is 1.23. The van der Waals surface area contributed by atoms with Crippen LogP contribution in [-0.4, -0.2) is 67.5 Å². The quantitative estimate of drug-likeness (QED) is 0.429. The monoisotopic (exact) mass is 452 g/mol. The van der Waals surface area contributed by atoms with Crippen molar-refractivity contribution < 1.29 is 39.9 Å². The largest absolute Gasteiger partial charge is 0.479 e. The van der Waals surface area contributed by atoms with E-state index in [1.54, 1.807) is 6.08 Å². The molecule has 4 rings (SSSR count). The van der Waals surface area contributed by atoms with Crippen molar-refractivity contribution in [2.24, 2.45) is 28.6 Å². The number of aliphatic hydroxyl groups excluding tert-OH is 3. The first-order chi connectivity index (χ1) is 14.8. The molecule has 0 heterocycles. The molecule has 0 aliphatic heterocycles. The van der Waals surface area contributed by atoms with Gasteiger partial charge in [0.2, 0.25) is 0 Å². The highest BCUT2D eigenvalue weighted by atomic mass is 16.4. The Kier molecular flexibility index (Phi) is 6.75. The smallest absolute Gasteiger partial charge is 0.332 e. The van der Waals surface area contributed by atoms with Crippen LogP contribution in [0, 0.1) is 28.6 Å². The van der Waals surface area contributed by atoms with Crippen LogP contribution in [0.3, 0.4) is 0 Å².